The zero-order valence-electron chi connectivity index (χ0n) is 25.0. The van der Waals surface area contributed by atoms with Crippen molar-refractivity contribution in [3.63, 3.8) is 0 Å². The Balaban J connectivity index is 1.93. The van der Waals surface area contributed by atoms with E-state index in [1.807, 2.05) is 13.0 Å². The molecular formula is C32H46F6O4. The second kappa shape index (κ2) is 12.5. The average Bonchev–Trinajstić information content (AvgIpc) is 3.18. The predicted octanol–water partition coefficient (Wildman–Crippen LogP) is 7.16. The quantitative estimate of drug-likeness (QED) is 0.183. The zero-order valence-corrected chi connectivity index (χ0v) is 25.0. The maximum absolute atomic E-state index is 13.3. The highest BCUT2D eigenvalue weighted by molar-refractivity contribution is 5.27. The summed E-state index contributed by atoms with van der Waals surface area (Å²) in [5.41, 5.74) is -4.88. The third kappa shape index (κ3) is 7.75. The van der Waals surface area contributed by atoms with Gasteiger partial charge in [-0.15, -0.1) is 0 Å². The van der Waals surface area contributed by atoms with Gasteiger partial charge in [-0.1, -0.05) is 49.5 Å². The highest BCUT2D eigenvalue weighted by atomic mass is 19.4. The summed E-state index contributed by atoms with van der Waals surface area (Å²) in [7, 11) is 0. The van der Waals surface area contributed by atoms with Crippen molar-refractivity contribution >= 4 is 0 Å². The van der Waals surface area contributed by atoms with E-state index in [1.54, 1.807) is 13.8 Å². The third-order valence-electron chi connectivity index (χ3n) is 10.00. The van der Waals surface area contributed by atoms with E-state index in [9.17, 15) is 46.8 Å². The van der Waals surface area contributed by atoms with Crippen LogP contribution in [-0.4, -0.2) is 56.2 Å². The summed E-state index contributed by atoms with van der Waals surface area (Å²) in [6.45, 7) is 7.34. The molecule has 6 atom stereocenters. The van der Waals surface area contributed by atoms with Crippen molar-refractivity contribution in [2.24, 2.45) is 22.7 Å². The van der Waals surface area contributed by atoms with Crippen molar-refractivity contribution in [2.75, 3.05) is 0 Å². The number of aliphatic hydroxyl groups is 4. The molecule has 240 valence electrons. The van der Waals surface area contributed by atoms with Crippen molar-refractivity contribution in [3.05, 3.63) is 23.3 Å². The summed E-state index contributed by atoms with van der Waals surface area (Å²) in [5.74, 6) is 3.42. The Morgan fingerprint density at radius 2 is 1.50 bits per heavy atom. The molecule has 3 rings (SSSR count). The summed E-state index contributed by atoms with van der Waals surface area (Å²) >= 11 is 0. The van der Waals surface area contributed by atoms with Crippen LogP contribution in [0.5, 0.6) is 0 Å². The number of halogens is 6. The normalized spacial score (nSPS) is 32.8. The van der Waals surface area contributed by atoms with Gasteiger partial charge in [0.15, 0.2) is 0 Å². The van der Waals surface area contributed by atoms with Gasteiger partial charge in [0.25, 0.3) is 0 Å². The Hall–Kier alpha value is -1.54. The Labute approximate surface area is 245 Å². The van der Waals surface area contributed by atoms with Gasteiger partial charge in [-0.2, -0.15) is 26.3 Å². The van der Waals surface area contributed by atoms with E-state index < -0.39 is 41.2 Å². The van der Waals surface area contributed by atoms with E-state index in [0.717, 1.165) is 37.7 Å². The van der Waals surface area contributed by atoms with Crippen LogP contribution in [0.25, 0.3) is 0 Å². The largest absolute Gasteiger partial charge is 0.438 e. The lowest BCUT2D eigenvalue weighted by atomic mass is 9.55. The number of allylic oxidation sites excluding steroid dienone is 3. The number of rotatable bonds is 7. The Bertz CT molecular complexity index is 1050. The molecule has 10 heteroatoms. The molecular weight excluding hydrogens is 562 g/mol. The molecule has 3 aliphatic rings. The summed E-state index contributed by atoms with van der Waals surface area (Å²) < 4.78 is 79.7. The highest BCUT2D eigenvalue weighted by Crippen LogP contribution is 2.63. The lowest BCUT2D eigenvalue weighted by Gasteiger charge is -2.49. The molecule has 0 radical (unpaired) electrons. The number of hydrogen-bond donors (Lipinski definition) is 4. The van der Waals surface area contributed by atoms with Crippen molar-refractivity contribution < 1.29 is 46.8 Å². The van der Waals surface area contributed by atoms with Gasteiger partial charge in [0.1, 0.15) is 0 Å². The van der Waals surface area contributed by atoms with E-state index in [2.05, 4.69) is 18.9 Å². The molecule has 0 aromatic rings. The summed E-state index contributed by atoms with van der Waals surface area (Å²) in [6, 6.07) is 0. The molecule has 0 aromatic heterocycles. The molecule has 3 aliphatic carbocycles. The molecule has 1 unspecified atom stereocenters. The maximum Gasteiger partial charge on any atom is 0.438 e. The molecule has 0 bridgehead atoms. The summed E-state index contributed by atoms with van der Waals surface area (Å²) in [4.78, 5) is 0. The van der Waals surface area contributed by atoms with E-state index in [4.69, 9.17) is 0 Å². The van der Waals surface area contributed by atoms with Crippen LogP contribution in [0, 0.1) is 34.5 Å². The minimum Gasteiger partial charge on any atom is -0.393 e. The lowest BCUT2D eigenvalue weighted by molar-refractivity contribution is -0.343. The van der Waals surface area contributed by atoms with E-state index in [-0.39, 0.29) is 23.7 Å². The highest BCUT2D eigenvalue weighted by Gasteiger charge is 2.70. The molecule has 0 amide bonds. The topological polar surface area (TPSA) is 80.9 Å². The van der Waals surface area contributed by atoms with Gasteiger partial charge in [0, 0.05) is 6.42 Å². The van der Waals surface area contributed by atoms with Crippen molar-refractivity contribution in [2.45, 2.75) is 141 Å². The Morgan fingerprint density at radius 3 is 2.05 bits per heavy atom. The van der Waals surface area contributed by atoms with Crippen molar-refractivity contribution in [1.29, 1.82) is 0 Å². The molecule has 3 fully saturated rings. The number of aliphatic hydroxyl groups excluding tert-OH is 2. The monoisotopic (exact) mass is 608 g/mol. The SMILES string of the molecule is CC(C)(O)CCC[C@](C)(CC#CC(O)(C(F)(F)F)C(F)(F)F)[C@H]1CC[C@H]2/C(=C/C=C3CC(O)C[C@H](O)C3)CCC[C@]12C. The standard InChI is InChI=1S/C32H46F6O4/c1-27(2,41)13-6-14-28(3,15-7-17-30(42,31(33,34)35)32(36,37)38)26-12-11-25-22(8-5-16-29(25,26)4)10-9-21-18-23(39)20-24(40)19-21/h9-10,23-26,39-42H,5-6,8,11-16,18-20H2,1-4H3/b21-9?,22-10+/t23-,24?,25+,26-,28-,29+/m1/s1. The molecule has 42 heavy (non-hydrogen) atoms. The number of fused-ring (bicyclic) bond motifs is 1. The van der Waals surface area contributed by atoms with E-state index >= 15 is 0 Å². The minimum absolute atomic E-state index is 0.0503. The Kier molecular flexibility index (Phi) is 10.4. The molecule has 0 saturated heterocycles. The van der Waals surface area contributed by atoms with Gasteiger partial charge in [-0.05, 0) is 107 Å². The minimum atomic E-state index is -6.00. The second-order valence-electron chi connectivity index (χ2n) is 14.1. The summed E-state index contributed by atoms with van der Waals surface area (Å²) in [5, 5.41) is 39.9. The van der Waals surface area contributed by atoms with E-state index in [1.165, 1.54) is 11.5 Å². The van der Waals surface area contributed by atoms with Crippen LogP contribution in [0.3, 0.4) is 0 Å². The van der Waals surface area contributed by atoms with Crippen LogP contribution >= 0.6 is 0 Å². The first kappa shape index (κ1) is 34.9. The molecule has 0 heterocycles. The first-order valence-corrected chi connectivity index (χ1v) is 14.9. The van der Waals surface area contributed by atoms with Gasteiger partial charge in [0.2, 0.25) is 0 Å². The molecule has 0 aromatic carbocycles. The number of alkyl halides is 6. The van der Waals surface area contributed by atoms with Gasteiger partial charge in [-0.3, -0.25) is 0 Å². The number of hydrogen-bond acceptors (Lipinski definition) is 4. The fraction of sp³-hybridized carbons (Fsp3) is 0.812. The van der Waals surface area contributed by atoms with Crippen LogP contribution in [0.1, 0.15) is 105 Å². The molecule has 4 nitrogen and oxygen atoms in total. The predicted molar refractivity (Wildman–Crippen MR) is 148 cm³/mol. The zero-order chi connectivity index (χ0) is 31.8. The smallest absolute Gasteiger partial charge is 0.393 e. The fourth-order valence-electron chi connectivity index (χ4n) is 7.90. The van der Waals surface area contributed by atoms with Crippen LogP contribution in [-0.2, 0) is 0 Å². The first-order chi connectivity index (χ1) is 19.1. The van der Waals surface area contributed by atoms with Crippen molar-refractivity contribution in [3.8, 4) is 11.8 Å². The Morgan fingerprint density at radius 1 is 0.905 bits per heavy atom. The lowest BCUT2D eigenvalue weighted by Crippen LogP contribution is -2.55. The van der Waals surface area contributed by atoms with Gasteiger partial charge in [-0.25, -0.2) is 0 Å². The van der Waals surface area contributed by atoms with Gasteiger partial charge >= 0.3 is 18.0 Å². The van der Waals surface area contributed by atoms with Crippen molar-refractivity contribution in [1.82, 2.24) is 0 Å². The van der Waals surface area contributed by atoms with Crippen LogP contribution in [0.4, 0.5) is 26.3 Å². The van der Waals surface area contributed by atoms with Crippen LogP contribution in [0.15, 0.2) is 23.3 Å². The fourth-order valence-corrected chi connectivity index (χ4v) is 7.90. The van der Waals surface area contributed by atoms with Gasteiger partial charge < -0.3 is 20.4 Å². The van der Waals surface area contributed by atoms with Crippen LogP contribution < -0.4 is 0 Å². The van der Waals surface area contributed by atoms with Gasteiger partial charge in [0.05, 0.1) is 17.8 Å². The maximum atomic E-state index is 13.3. The van der Waals surface area contributed by atoms with Crippen LogP contribution in [0.2, 0.25) is 0 Å². The molecule has 4 N–H and O–H groups in total. The third-order valence-corrected chi connectivity index (χ3v) is 10.00. The van der Waals surface area contributed by atoms with E-state index in [0.29, 0.717) is 38.5 Å². The molecule has 0 aliphatic heterocycles. The second-order valence-corrected chi connectivity index (χ2v) is 14.1. The molecule has 0 spiro atoms. The first-order valence-electron chi connectivity index (χ1n) is 14.9. The molecule has 3 saturated carbocycles. The summed E-state index contributed by atoms with van der Waals surface area (Å²) in [6.07, 6.45) is -2.41. The average molecular weight is 609 g/mol.